The van der Waals surface area contributed by atoms with E-state index >= 15 is 0 Å². The molecule has 0 saturated carbocycles. The molecule has 0 spiro atoms. The van der Waals surface area contributed by atoms with Crippen LogP contribution in [0.15, 0.2) is 21.6 Å². The summed E-state index contributed by atoms with van der Waals surface area (Å²) in [5.41, 5.74) is 0. The number of hydrogen-bond donors (Lipinski definition) is 0. The Morgan fingerprint density at radius 3 is 2.67 bits per heavy atom. The topological polar surface area (TPSA) is 71.1 Å². The monoisotopic (exact) mass is 185 g/mol. The van der Waals surface area contributed by atoms with Crippen LogP contribution in [0.4, 0.5) is 0 Å². The molecule has 0 N–H and O–H groups in total. The van der Waals surface area contributed by atoms with E-state index in [4.69, 9.17) is 9.68 Å². The predicted molar refractivity (Wildman–Crippen MR) is 41.1 cm³/mol. The lowest BCUT2D eigenvalue weighted by atomic mass is 10.5. The summed E-state index contributed by atoms with van der Waals surface area (Å²) in [6, 6.07) is 4.46. The molecule has 0 unspecified atom stereocenters. The van der Waals surface area contributed by atoms with Crippen LogP contribution in [-0.2, 0) is 9.84 Å². The number of furan rings is 1. The fourth-order valence-corrected chi connectivity index (χ4v) is 1.58. The highest BCUT2D eigenvalue weighted by atomic mass is 32.2. The van der Waals surface area contributed by atoms with Gasteiger partial charge in [0.05, 0.1) is 6.07 Å². The Morgan fingerprint density at radius 2 is 2.25 bits per heavy atom. The molecule has 0 amide bonds. The first-order valence-electron chi connectivity index (χ1n) is 3.22. The van der Waals surface area contributed by atoms with Gasteiger partial charge in [0.15, 0.2) is 0 Å². The van der Waals surface area contributed by atoms with E-state index < -0.39 is 15.6 Å². The minimum absolute atomic E-state index is 0.137. The van der Waals surface area contributed by atoms with Crippen molar-refractivity contribution >= 4 is 9.84 Å². The Labute approximate surface area is 70.3 Å². The highest BCUT2D eigenvalue weighted by molar-refractivity contribution is 7.91. The van der Waals surface area contributed by atoms with E-state index in [0.717, 1.165) is 0 Å². The zero-order chi connectivity index (χ0) is 9.19. The Morgan fingerprint density at radius 1 is 1.58 bits per heavy atom. The lowest BCUT2D eigenvalue weighted by molar-refractivity contribution is 0.429. The van der Waals surface area contributed by atoms with Gasteiger partial charge in [-0.1, -0.05) is 0 Å². The zero-order valence-electron chi connectivity index (χ0n) is 6.44. The van der Waals surface area contributed by atoms with Gasteiger partial charge in [0.1, 0.15) is 11.5 Å². The Bertz CT molecular complexity index is 410. The van der Waals surface area contributed by atoms with Gasteiger partial charge in [-0.3, -0.25) is 0 Å². The van der Waals surface area contributed by atoms with Gasteiger partial charge in [0.25, 0.3) is 0 Å². The molecule has 4 nitrogen and oxygen atoms in total. The molecule has 0 atom stereocenters. The maximum Gasteiger partial charge on any atom is 0.224 e. The molecule has 12 heavy (non-hydrogen) atoms. The first-order chi connectivity index (χ1) is 5.56. The van der Waals surface area contributed by atoms with Crippen LogP contribution in [0.2, 0.25) is 0 Å². The quantitative estimate of drug-likeness (QED) is 0.685. The SMILES string of the molecule is Cc1ccc(S(=O)(=O)CC#N)o1. The van der Waals surface area contributed by atoms with E-state index in [9.17, 15) is 8.42 Å². The zero-order valence-corrected chi connectivity index (χ0v) is 7.26. The lowest BCUT2D eigenvalue weighted by Crippen LogP contribution is -2.02. The standard InChI is InChI=1S/C7H7NO3S/c1-6-2-3-7(11-6)12(9,10)5-4-8/h2-3H,5H2,1H3. The van der Waals surface area contributed by atoms with Crippen LogP contribution < -0.4 is 0 Å². The summed E-state index contributed by atoms with van der Waals surface area (Å²) >= 11 is 0. The van der Waals surface area contributed by atoms with Crippen LogP contribution in [0, 0.1) is 18.3 Å². The van der Waals surface area contributed by atoms with Crippen molar-refractivity contribution in [1.29, 1.82) is 5.26 Å². The van der Waals surface area contributed by atoms with Crippen LogP contribution >= 0.6 is 0 Å². The molecule has 0 aliphatic heterocycles. The summed E-state index contributed by atoms with van der Waals surface area (Å²) in [5.74, 6) is -0.0218. The third-order valence-corrected chi connectivity index (χ3v) is 2.62. The van der Waals surface area contributed by atoms with Crippen LogP contribution in [0.25, 0.3) is 0 Å². The molecule has 1 aromatic rings. The molecule has 1 heterocycles. The molecule has 0 aliphatic rings. The van der Waals surface area contributed by atoms with E-state index in [2.05, 4.69) is 0 Å². The summed E-state index contributed by atoms with van der Waals surface area (Å²) < 4.78 is 27.1. The molecule has 1 aromatic heterocycles. The van der Waals surface area contributed by atoms with Crippen molar-refractivity contribution in [2.24, 2.45) is 0 Å². The van der Waals surface area contributed by atoms with Crippen molar-refractivity contribution in [3.63, 3.8) is 0 Å². The lowest BCUT2D eigenvalue weighted by Gasteiger charge is -1.91. The van der Waals surface area contributed by atoms with Crippen LogP contribution in [0.5, 0.6) is 0 Å². The highest BCUT2D eigenvalue weighted by Gasteiger charge is 2.17. The predicted octanol–water partition coefficient (Wildman–Crippen LogP) is 0.885. The minimum atomic E-state index is -3.52. The molecule has 0 bridgehead atoms. The number of hydrogen-bond acceptors (Lipinski definition) is 4. The van der Waals surface area contributed by atoms with Gasteiger partial charge in [-0.25, -0.2) is 8.42 Å². The van der Waals surface area contributed by atoms with Crippen LogP contribution in [0.1, 0.15) is 5.76 Å². The van der Waals surface area contributed by atoms with Gasteiger partial charge in [-0.15, -0.1) is 0 Å². The second-order valence-corrected chi connectivity index (χ2v) is 4.20. The Balaban J connectivity index is 3.08. The number of nitrogens with zero attached hydrogens (tertiary/aromatic N) is 1. The molecule has 5 heteroatoms. The van der Waals surface area contributed by atoms with Gasteiger partial charge in [-0.05, 0) is 19.1 Å². The molecule has 0 fully saturated rings. The van der Waals surface area contributed by atoms with Crippen LogP contribution in [0.3, 0.4) is 0 Å². The van der Waals surface area contributed by atoms with Gasteiger partial charge in [0, 0.05) is 0 Å². The second kappa shape index (κ2) is 2.99. The van der Waals surface area contributed by atoms with E-state index in [-0.39, 0.29) is 5.09 Å². The summed E-state index contributed by atoms with van der Waals surface area (Å²) in [7, 11) is -3.52. The Hall–Kier alpha value is -1.28. The van der Waals surface area contributed by atoms with Gasteiger partial charge >= 0.3 is 0 Å². The first-order valence-corrected chi connectivity index (χ1v) is 4.87. The van der Waals surface area contributed by atoms with E-state index in [1.54, 1.807) is 19.1 Å². The summed E-state index contributed by atoms with van der Waals surface area (Å²) in [5, 5.41) is 8.06. The third kappa shape index (κ3) is 1.66. The number of sulfone groups is 1. The summed E-state index contributed by atoms with van der Waals surface area (Å²) in [6.07, 6.45) is 0. The van der Waals surface area contributed by atoms with Crippen molar-refractivity contribution in [2.45, 2.75) is 12.0 Å². The van der Waals surface area contributed by atoms with Crippen molar-refractivity contribution in [1.82, 2.24) is 0 Å². The van der Waals surface area contributed by atoms with Crippen molar-refractivity contribution in [3.05, 3.63) is 17.9 Å². The van der Waals surface area contributed by atoms with Gasteiger partial charge in [0.2, 0.25) is 14.9 Å². The fraction of sp³-hybridized carbons (Fsp3) is 0.286. The van der Waals surface area contributed by atoms with Crippen molar-refractivity contribution < 1.29 is 12.8 Å². The summed E-state index contributed by atoms with van der Waals surface area (Å²) in [4.78, 5) is 0. The third-order valence-electron chi connectivity index (χ3n) is 1.28. The van der Waals surface area contributed by atoms with Crippen molar-refractivity contribution in [2.75, 3.05) is 5.75 Å². The number of rotatable bonds is 2. The fourth-order valence-electron chi connectivity index (χ4n) is 0.735. The van der Waals surface area contributed by atoms with Gasteiger partial charge < -0.3 is 4.42 Å². The second-order valence-electron chi connectivity index (χ2n) is 2.28. The minimum Gasteiger partial charge on any atom is -0.450 e. The van der Waals surface area contributed by atoms with Gasteiger partial charge in [-0.2, -0.15) is 5.26 Å². The molecule has 0 radical (unpaired) electrons. The molecule has 0 aliphatic carbocycles. The average Bonchev–Trinajstić information content (AvgIpc) is 2.36. The molecule has 0 saturated heterocycles. The molecule has 1 rings (SSSR count). The molecular formula is C7H7NO3S. The largest absolute Gasteiger partial charge is 0.450 e. The molecule has 0 aromatic carbocycles. The normalized spacial score (nSPS) is 11.0. The summed E-state index contributed by atoms with van der Waals surface area (Å²) in [6.45, 7) is 1.64. The van der Waals surface area contributed by atoms with Crippen LogP contribution in [-0.4, -0.2) is 14.2 Å². The number of aryl methyl sites for hydroxylation is 1. The van der Waals surface area contributed by atoms with Crippen molar-refractivity contribution in [3.8, 4) is 6.07 Å². The first kappa shape index (κ1) is 8.81. The van der Waals surface area contributed by atoms with E-state index in [1.807, 2.05) is 0 Å². The maximum atomic E-state index is 11.1. The maximum absolute atomic E-state index is 11.1. The average molecular weight is 185 g/mol. The smallest absolute Gasteiger partial charge is 0.224 e. The van der Waals surface area contributed by atoms with E-state index in [0.29, 0.717) is 5.76 Å². The highest BCUT2D eigenvalue weighted by Crippen LogP contribution is 2.13. The Kier molecular flexibility index (Phi) is 2.20. The molecule has 64 valence electrons. The van der Waals surface area contributed by atoms with E-state index in [1.165, 1.54) is 6.07 Å². The molecular weight excluding hydrogens is 178 g/mol. The number of nitriles is 1.